The number of primary amides is 1. The molecule has 0 fully saturated rings. The summed E-state index contributed by atoms with van der Waals surface area (Å²) in [5, 5.41) is 0. The zero-order valence-corrected chi connectivity index (χ0v) is 10.3. The third-order valence-electron chi connectivity index (χ3n) is 2.65. The number of hydrogen-bond acceptors (Lipinski definition) is 3. The van der Waals surface area contributed by atoms with Gasteiger partial charge in [-0.05, 0) is 48.9 Å². The molecule has 0 aliphatic rings. The molecule has 4 nitrogen and oxygen atoms in total. The van der Waals surface area contributed by atoms with Gasteiger partial charge in [0.1, 0.15) is 17.3 Å². The number of anilines is 1. The van der Waals surface area contributed by atoms with Gasteiger partial charge in [0.2, 0.25) is 5.91 Å². The van der Waals surface area contributed by atoms with Crippen LogP contribution in [0, 0.1) is 12.7 Å². The van der Waals surface area contributed by atoms with Crippen molar-refractivity contribution in [2.75, 3.05) is 5.73 Å². The van der Waals surface area contributed by atoms with E-state index in [0.717, 1.165) is 0 Å². The molecule has 0 atom stereocenters. The summed E-state index contributed by atoms with van der Waals surface area (Å²) in [5.74, 6) is -0.00209. The number of aryl methyl sites for hydroxylation is 1. The summed E-state index contributed by atoms with van der Waals surface area (Å²) < 4.78 is 18.6. The van der Waals surface area contributed by atoms with Crippen LogP contribution in [-0.4, -0.2) is 5.91 Å². The predicted octanol–water partition coefficient (Wildman–Crippen LogP) is 2.61. The minimum Gasteiger partial charge on any atom is -0.455 e. The molecule has 5 heteroatoms. The van der Waals surface area contributed by atoms with Gasteiger partial charge in [0.25, 0.3) is 0 Å². The third kappa shape index (κ3) is 2.82. The highest BCUT2D eigenvalue weighted by Crippen LogP contribution is 2.30. The quantitative estimate of drug-likeness (QED) is 0.832. The molecule has 0 radical (unpaired) electrons. The molecule has 0 heterocycles. The maximum Gasteiger partial charge on any atom is 0.248 e. The molecule has 98 valence electrons. The second-order valence-electron chi connectivity index (χ2n) is 4.13. The highest BCUT2D eigenvalue weighted by Gasteiger charge is 2.08. The van der Waals surface area contributed by atoms with Crippen LogP contribution in [0.2, 0.25) is 0 Å². The Kier molecular flexibility index (Phi) is 3.37. The van der Waals surface area contributed by atoms with E-state index >= 15 is 0 Å². The first-order valence-electron chi connectivity index (χ1n) is 5.60. The van der Waals surface area contributed by atoms with E-state index in [0.29, 0.717) is 28.3 Å². The van der Waals surface area contributed by atoms with Crippen molar-refractivity contribution < 1.29 is 13.9 Å². The number of ether oxygens (including phenoxy) is 1. The largest absolute Gasteiger partial charge is 0.455 e. The minimum absolute atomic E-state index is 0.292. The molecular formula is C14H13FN2O2. The Labute approximate surface area is 109 Å². The maximum atomic E-state index is 13.0. The van der Waals surface area contributed by atoms with Gasteiger partial charge in [-0.2, -0.15) is 0 Å². The maximum absolute atomic E-state index is 13.0. The van der Waals surface area contributed by atoms with Gasteiger partial charge in [-0.3, -0.25) is 4.79 Å². The molecule has 2 rings (SSSR count). The lowest BCUT2D eigenvalue weighted by Gasteiger charge is -2.11. The third-order valence-corrected chi connectivity index (χ3v) is 2.65. The Hall–Kier alpha value is -2.56. The second-order valence-corrected chi connectivity index (χ2v) is 4.13. The van der Waals surface area contributed by atoms with Crippen LogP contribution >= 0.6 is 0 Å². The number of nitrogens with two attached hydrogens (primary N) is 2. The average molecular weight is 260 g/mol. The van der Waals surface area contributed by atoms with Crippen molar-refractivity contribution >= 4 is 11.6 Å². The molecule has 0 aliphatic heterocycles. The van der Waals surface area contributed by atoms with E-state index in [-0.39, 0.29) is 5.82 Å². The van der Waals surface area contributed by atoms with Gasteiger partial charge < -0.3 is 16.2 Å². The molecule has 2 aromatic carbocycles. The normalized spacial score (nSPS) is 10.2. The van der Waals surface area contributed by atoms with Gasteiger partial charge in [0.15, 0.2) is 0 Å². The van der Waals surface area contributed by atoms with Gasteiger partial charge in [-0.1, -0.05) is 0 Å². The number of carbonyl (C=O) groups is 1. The Morgan fingerprint density at radius 1 is 1.16 bits per heavy atom. The Bertz CT molecular complexity index is 641. The first-order valence-corrected chi connectivity index (χ1v) is 5.60. The molecule has 0 aliphatic carbocycles. The van der Waals surface area contributed by atoms with E-state index in [2.05, 4.69) is 0 Å². The Morgan fingerprint density at radius 2 is 1.84 bits per heavy atom. The summed E-state index contributed by atoms with van der Waals surface area (Å²) in [7, 11) is 0. The lowest BCUT2D eigenvalue weighted by atomic mass is 10.1. The lowest BCUT2D eigenvalue weighted by Crippen LogP contribution is -2.11. The van der Waals surface area contributed by atoms with Crippen LogP contribution in [0.3, 0.4) is 0 Å². The molecule has 4 N–H and O–H groups in total. The molecule has 0 aromatic heterocycles. The van der Waals surface area contributed by atoms with Crippen LogP contribution in [0.15, 0.2) is 36.4 Å². The second kappa shape index (κ2) is 4.97. The first-order chi connectivity index (χ1) is 8.97. The average Bonchev–Trinajstić information content (AvgIpc) is 2.34. The smallest absolute Gasteiger partial charge is 0.248 e. The number of halogens is 1. The first kappa shape index (κ1) is 12.9. The van der Waals surface area contributed by atoms with Gasteiger partial charge in [0.05, 0.1) is 5.69 Å². The summed E-state index contributed by atoms with van der Waals surface area (Å²) >= 11 is 0. The van der Waals surface area contributed by atoms with Gasteiger partial charge in [-0.15, -0.1) is 0 Å². The van der Waals surface area contributed by atoms with Crippen LogP contribution in [0.4, 0.5) is 10.1 Å². The van der Waals surface area contributed by atoms with Crippen LogP contribution < -0.4 is 16.2 Å². The molecule has 0 saturated heterocycles. The zero-order chi connectivity index (χ0) is 14.0. The summed E-state index contributed by atoms with van der Waals surface area (Å²) in [5.41, 5.74) is 12.2. The van der Waals surface area contributed by atoms with E-state index in [1.54, 1.807) is 13.0 Å². The number of nitrogen functional groups attached to an aromatic ring is 1. The van der Waals surface area contributed by atoms with E-state index in [1.165, 1.54) is 30.3 Å². The van der Waals surface area contributed by atoms with Crippen molar-refractivity contribution in [2.45, 2.75) is 6.92 Å². The van der Waals surface area contributed by atoms with Gasteiger partial charge in [0, 0.05) is 5.56 Å². The fourth-order valence-corrected chi connectivity index (χ4v) is 1.64. The Morgan fingerprint density at radius 3 is 2.42 bits per heavy atom. The highest BCUT2D eigenvalue weighted by molar-refractivity contribution is 5.94. The monoisotopic (exact) mass is 260 g/mol. The van der Waals surface area contributed by atoms with Crippen molar-refractivity contribution in [3.8, 4) is 11.5 Å². The number of rotatable bonds is 3. The molecule has 0 bridgehead atoms. The van der Waals surface area contributed by atoms with Crippen molar-refractivity contribution in [3.05, 3.63) is 53.3 Å². The summed E-state index contributed by atoms with van der Waals surface area (Å²) in [6.45, 7) is 1.73. The lowest BCUT2D eigenvalue weighted by molar-refractivity contribution is 0.100. The van der Waals surface area contributed by atoms with E-state index in [1.807, 2.05) is 0 Å². The van der Waals surface area contributed by atoms with Gasteiger partial charge >= 0.3 is 0 Å². The topological polar surface area (TPSA) is 78.3 Å². The summed E-state index contributed by atoms with van der Waals surface area (Å²) in [6, 6.07) is 8.70. The molecule has 0 unspecified atom stereocenters. The van der Waals surface area contributed by atoms with Crippen molar-refractivity contribution in [2.24, 2.45) is 5.73 Å². The van der Waals surface area contributed by atoms with Crippen LogP contribution in [0.5, 0.6) is 11.5 Å². The molecule has 19 heavy (non-hydrogen) atoms. The van der Waals surface area contributed by atoms with E-state index < -0.39 is 5.91 Å². The number of hydrogen-bond donors (Lipinski definition) is 2. The minimum atomic E-state index is -0.559. The van der Waals surface area contributed by atoms with E-state index in [9.17, 15) is 9.18 Å². The standard InChI is InChI=1S/C14H13FN2O2/c1-8-6-10(15)3-5-12(8)19-13-4-2-9(14(17)18)7-11(13)16/h2-7H,16H2,1H3,(H2,17,18). The molecule has 0 spiro atoms. The van der Waals surface area contributed by atoms with Crippen molar-refractivity contribution in [3.63, 3.8) is 0 Å². The van der Waals surface area contributed by atoms with Gasteiger partial charge in [-0.25, -0.2) is 4.39 Å². The molecule has 0 saturated carbocycles. The molecule has 2 aromatic rings. The molecular weight excluding hydrogens is 247 g/mol. The SMILES string of the molecule is Cc1cc(F)ccc1Oc1ccc(C(N)=O)cc1N. The van der Waals surface area contributed by atoms with Crippen LogP contribution in [0.1, 0.15) is 15.9 Å². The fourth-order valence-electron chi connectivity index (χ4n) is 1.64. The molecule has 1 amide bonds. The summed E-state index contributed by atoms with van der Waals surface area (Å²) in [4.78, 5) is 11.0. The zero-order valence-electron chi connectivity index (χ0n) is 10.3. The van der Waals surface area contributed by atoms with Crippen LogP contribution in [-0.2, 0) is 0 Å². The Balaban J connectivity index is 2.31. The van der Waals surface area contributed by atoms with Crippen molar-refractivity contribution in [1.29, 1.82) is 0 Å². The highest BCUT2D eigenvalue weighted by atomic mass is 19.1. The number of benzene rings is 2. The number of amides is 1. The van der Waals surface area contributed by atoms with Crippen LogP contribution in [0.25, 0.3) is 0 Å². The number of carbonyl (C=O) groups excluding carboxylic acids is 1. The van der Waals surface area contributed by atoms with Crippen molar-refractivity contribution in [1.82, 2.24) is 0 Å². The fraction of sp³-hybridized carbons (Fsp3) is 0.0714. The van der Waals surface area contributed by atoms with E-state index in [4.69, 9.17) is 16.2 Å². The predicted molar refractivity (Wildman–Crippen MR) is 70.6 cm³/mol. The summed E-state index contributed by atoms with van der Waals surface area (Å²) in [6.07, 6.45) is 0.